The lowest BCUT2D eigenvalue weighted by Crippen LogP contribution is -2.32. The standard InChI is InChI=1S/C21H21ClFNO/c1-21(18-6-5-16(22)13-19(18)23)10-7-15-3-2-4-17(20(15)25-21)14-8-11-24-12-9-14/h2-7,10,13-14,24H,8-9,11-12H2,1H3. The Bertz CT molecular complexity index is 829. The highest BCUT2D eigenvalue weighted by Crippen LogP contribution is 2.43. The molecule has 130 valence electrons. The van der Waals surface area contributed by atoms with E-state index in [1.807, 2.05) is 25.1 Å². The van der Waals surface area contributed by atoms with Gasteiger partial charge in [-0.15, -0.1) is 0 Å². The molecular formula is C21H21ClFNO. The van der Waals surface area contributed by atoms with Gasteiger partial charge in [-0.1, -0.05) is 41.9 Å². The van der Waals surface area contributed by atoms with Gasteiger partial charge >= 0.3 is 0 Å². The zero-order valence-electron chi connectivity index (χ0n) is 14.2. The summed E-state index contributed by atoms with van der Waals surface area (Å²) in [6, 6.07) is 11.0. The van der Waals surface area contributed by atoms with Gasteiger partial charge in [0.1, 0.15) is 11.6 Å². The SMILES string of the molecule is CC1(c2ccc(Cl)cc2F)C=Cc2cccc(C3CCNCC3)c2O1. The van der Waals surface area contributed by atoms with Crippen molar-refractivity contribution in [2.45, 2.75) is 31.3 Å². The summed E-state index contributed by atoms with van der Waals surface area (Å²) in [6.45, 7) is 3.94. The van der Waals surface area contributed by atoms with Gasteiger partial charge in [0.2, 0.25) is 0 Å². The summed E-state index contributed by atoms with van der Waals surface area (Å²) in [4.78, 5) is 0. The summed E-state index contributed by atoms with van der Waals surface area (Å²) in [6.07, 6.45) is 6.15. The van der Waals surface area contributed by atoms with E-state index in [-0.39, 0.29) is 5.82 Å². The van der Waals surface area contributed by atoms with Gasteiger partial charge in [0.25, 0.3) is 0 Å². The minimum Gasteiger partial charge on any atom is -0.478 e. The monoisotopic (exact) mass is 357 g/mol. The third-order valence-corrected chi connectivity index (χ3v) is 5.45. The number of hydrogen-bond acceptors (Lipinski definition) is 2. The first-order valence-corrected chi connectivity index (χ1v) is 9.12. The number of halogens is 2. The summed E-state index contributed by atoms with van der Waals surface area (Å²) in [5.41, 5.74) is 1.94. The summed E-state index contributed by atoms with van der Waals surface area (Å²) in [5, 5.41) is 3.79. The summed E-state index contributed by atoms with van der Waals surface area (Å²) >= 11 is 5.90. The van der Waals surface area contributed by atoms with Crippen LogP contribution in [0.2, 0.25) is 5.02 Å². The highest BCUT2D eigenvalue weighted by molar-refractivity contribution is 6.30. The van der Waals surface area contributed by atoms with Crippen molar-refractivity contribution in [1.82, 2.24) is 5.32 Å². The van der Waals surface area contributed by atoms with Crippen LogP contribution in [-0.2, 0) is 5.60 Å². The number of ether oxygens (including phenoxy) is 1. The van der Waals surface area contributed by atoms with Crippen LogP contribution in [0.4, 0.5) is 4.39 Å². The van der Waals surface area contributed by atoms with Gasteiger partial charge in [0, 0.05) is 16.1 Å². The second-order valence-electron chi connectivity index (χ2n) is 6.96. The summed E-state index contributed by atoms with van der Waals surface area (Å²) in [5.74, 6) is 1.01. The maximum absolute atomic E-state index is 14.5. The molecule has 4 heteroatoms. The van der Waals surface area contributed by atoms with Crippen LogP contribution in [-0.4, -0.2) is 13.1 Å². The van der Waals surface area contributed by atoms with Crippen LogP contribution >= 0.6 is 11.6 Å². The molecule has 0 aliphatic carbocycles. The highest BCUT2D eigenvalue weighted by atomic mass is 35.5. The molecule has 0 spiro atoms. The number of fused-ring (bicyclic) bond motifs is 1. The van der Waals surface area contributed by atoms with Gasteiger partial charge < -0.3 is 10.1 Å². The van der Waals surface area contributed by atoms with Crippen LogP contribution in [0.25, 0.3) is 6.08 Å². The van der Waals surface area contributed by atoms with Crippen LogP contribution < -0.4 is 10.1 Å². The van der Waals surface area contributed by atoms with Crippen molar-refractivity contribution in [1.29, 1.82) is 0 Å². The maximum Gasteiger partial charge on any atom is 0.153 e. The topological polar surface area (TPSA) is 21.3 Å². The Morgan fingerprint density at radius 2 is 2.00 bits per heavy atom. The molecule has 0 radical (unpaired) electrons. The van der Waals surface area contributed by atoms with E-state index in [0.717, 1.165) is 37.2 Å². The minimum atomic E-state index is -0.843. The number of benzene rings is 2. The number of hydrogen-bond donors (Lipinski definition) is 1. The van der Waals surface area contributed by atoms with E-state index in [9.17, 15) is 4.39 Å². The van der Waals surface area contributed by atoms with Crippen molar-refractivity contribution in [3.8, 4) is 5.75 Å². The molecule has 2 aliphatic heterocycles. The molecule has 2 aromatic rings. The predicted octanol–water partition coefficient (Wildman–Crippen LogP) is 5.27. The molecule has 2 heterocycles. The van der Waals surface area contributed by atoms with Crippen LogP contribution in [0.3, 0.4) is 0 Å². The molecule has 1 fully saturated rings. The molecule has 4 rings (SSSR count). The van der Waals surface area contributed by atoms with E-state index in [4.69, 9.17) is 16.3 Å². The van der Waals surface area contributed by atoms with Crippen LogP contribution in [0.5, 0.6) is 5.75 Å². The van der Waals surface area contributed by atoms with Crippen LogP contribution in [0.1, 0.15) is 42.4 Å². The van der Waals surface area contributed by atoms with Crippen molar-refractivity contribution in [2.75, 3.05) is 13.1 Å². The van der Waals surface area contributed by atoms with E-state index in [1.54, 1.807) is 12.1 Å². The summed E-state index contributed by atoms with van der Waals surface area (Å²) in [7, 11) is 0. The van der Waals surface area contributed by atoms with E-state index in [0.29, 0.717) is 16.5 Å². The fourth-order valence-electron chi connectivity index (χ4n) is 3.81. The van der Waals surface area contributed by atoms with Crippen molar-refractivity contribution >= 4 is 17.7 Å². The molecule has 2 aromatic carbocycles. The Morgan fingerprint density at radius 3 is 2.76 bits per heavy atom. The molecule has 1 unspecified atom stereocenters. The first-order valence-electron chi connectivity index (χ1n) is 8.74. The first kappa shape index (κ1) is 16.6. The van der Waals surface area contributed by atoms with E-state index in [1.165, 1.54) is 11.6 Å². The summed E-state index contributed by atoms with van der Waals surface area (Å²) < 4.78 is 20.9. The van der Waals surface area contributed by atoms with Crippen molar-refractivity contribution in [3.63, 3.8) is 0 Å². The second kappa shape index (κ2) is 6.47. The molecule has 0 amide bonds. The minimum absolute atomic E-state index is 0.345. The van der Waals surface area contributed by atoms with Crippen molar-refractivity contribution < 1.29 is 9.13 Å². The third-order valence-electron chi connectivity index (χ3n) is 5.22. The predicted molar refractivity (Wildman–Crippen MR) is 99.7 cm³/mol. The highest BCUT2D eigenvalue weighted by Gasteiger charge is 2.34. The van der Waals surface area contributed by atoms with Gasteiger partial charge in [-0.05, 0) is 62.5 Å². The van der Waals surface area contributed by atoms with Gasteiger partial charge in [-0.3, -0.25) is 0 Å². The average molecular weight is 358 g/mol. The van der Waals surface area contributed by atoms with Gasteiger partial charge in [-0.25, -0.2) is 4.39 Å². The first-order chi connectivity index (χ1) is 12.1. The van der Waals surface area contributed by atoms with Crippen LogP contribution in [0.15, 0.2) is 42.5 Å². The Labute approximate surface area is 152 Å². The fraction of sp³-hybridized carbons (Fsp3) is 0.333. The second-order valence-corrected chi connectivity index (χ2v) is 7.39. The van der Waals surface area contributed by atoms with Crippen molar-refractivity contribution in [3.05, 3.63) is 70.0 Å². The molecule has 2 nitrogen and oxygen atoms in total. The quantitative estimate of drug-likeness (QED) is 0.790. The molecular weight excluding hydrogens is 337 g/mol. The van der Waals surface area contributed by atoms with Gasteiger partial charge in [-0.2, -0.15) is 0 Å². The molecule has 2 aliphatic rings. The Hall–Kier alpha value is -1.84. The largest absolute Gasteiger partial charge is 0.478 e. The Morgan fingerprint density at radius 1 is 1.20 bits per heavy atom. The Kier molecular flexibility index (Phi) is 4.30. The molecule has 1 atom stereocenters. The zero-order chi connectivity index (χ0) is 17.4. The van der Waals surface area contributed by atoms with Gasteiger partial charge in [0.15, 0.2) is 5.60 Å². The van der Waals surface area contributed by atoms with E-state index < -0.39 is 5.60 Å². The Balaban J connectivity index is 1.75. The molecule has 0 aromatic heterocycles. The molecule has 0 saturated carbocycles. The lowest BCUT2D eigenvalue weighted by atomic mass is 9.86. The fourth-order valence-corrected chi connectivity index (χ4v) is 3.97. The average Bonchev–Trinajstić information content (AvgIpc) is 2.61. The van der Waals surface area contributed by atoms with Crippen molar-refractivity contribution in [2.24, 2.45) is 0 Å². The molecule has 1 N–H and O–H groups in total. The smallest absolute Gasteiger partial charge is 0.153 e. The molecule has 0 bridgehead atoms. The number of piperidine rings is 1. The number of nitrogens with one attached hydrogen (secondary N) is 1. The maximum atomic E-state index is 14.5. The third kappa shape index (κ3) is 3.07. The van der Waals surface area contributed by atoms with E-state index >= 15 is 0 Å². The molecule has 1 saturated heterocycles. The number of rotatable bonds is 2. The number of para-hydroxylation sites is 1. The normalized spacial score (nSPS) is 23.2. The van der Waals surface area contributed by atoms with E-state index in [2.05, 4.69) is 17.4 Å². The lowest BCUT2D eigenvalue weighted by molar-refractivity contribution is 0.131. The van der Waals surface area contributed by atoms with Crippen LogP contribution in [0, 0.1) is 5.82 Å². The zero-order valence-corrected chi connectivity index (χ0v) is 14.9. The molecule has 25 heavy (non-hydrogen) atoms. The van der Waals surface area contributed by atoms with Gasteiger partial charge in [0.05, 0.1) is 0 Å². The lowest BCUT2D eigenvalue weighted by Gasteiger charge is -2.35.